The predicted molar refractivity (Wildman–Crippen MR) is 80.8 cm³/mol. The van der Waals surface area contributed by atoms with Crippen molar-refractivity contribution >= 4 is 39.1 Å². The Hall–Kier alpha value is -1.06. The van der Waals surface area contributed by atoms with E-state index in [-0.39, 0.29) is 11.9 Å². The minimum Gasteiger partial charge on any atom is -0.466 e. The molecule has 0 aromatic heterocycles. The highest BCUT2D eigenvalue weighted by Gasteiger charge is 2.28. The standard InChI is InChI=1S/C15H14BrClO2/c1-2-19-15(18)12-4-3-5-13(17)14(12)10-6-8-11(16)9-7-10/h3,5-9,12H,2,4H2,1H3. The molecule has 0 heterocycles. The predicted octanol–water partition coefficient (Wildman–Crippen LogP) is 4.54. The molecule has 1 aliphatic rings. The number of benzene rings is 1. The van der Waals surface area contributed by atoms with Gasteiger partial charge in [0.25, 0.3) is 0 Å². The van der Waals surface area contributed by atoms with Gasteiger partial charge in [-0.1, -0.05) is 45.7 Å². The van der Waals surface area contributed by atoms with Gasteiger partial charge < -0.3 is 4.74 Å². The Balaban J connectivity index is 2.39. The Labute approximate surface area is 126 Å². The Morgan fingerprint density at radius 3 is 2.74 bits per heavy atom. The molecule has 1 aliphatic carbocycles. The van der Waals surface area contributed by atoms with Crippen molar-refractivity contribution in [1.82, 2.24) is 0 Å². The number of rotatable bonds is 3. The molecule has 0 bridgehead atoms. The highest BCUT2D eigenvalue weighted by Crippen LogP contribution is 2.36. The van der Waals surface area contributed by atoms with Crippen molar-refractivity contribution in [1.29, 1.82) is 0 Å². The highest BCUT2D eigenvalue weighted by atomic mass is 79.9. The minimum atomic E-state index is -0.321. The number of ether oxygens (including phenoxy) is 1. The zero-order chi connectivity index (χ0) is 13.8. The van der Waals surface area contributed by atoms with Crippen molar-refractivity contribution in [3.05, 3.63) is 51.5 Å². The van der Waals surface area contributed by atoms with E-state index >= 15 is 0 Å². The van der Waals surface area contributed by atoms with Crippen molar-refractivity contribution in [2.45, 2.75) is 13.3 Å². The molecule has 1 aromatic rings. The Bertz CT molecular complexity index is 532. The molecule has 0 spiro atoms. The van der Waals surface area contributed by atoms with Crippen molar-refractivity contribution < 1.29 is 9.53 Å². The van der Waals surface area contributed by atoms with Gasteiger partial charge in [-0.15, -0.1) is 0 Å². The number of allylic oxidation sites excluding steroid dienone is 3. The normalized spacial score (nSPS) is 18.6. The van der Waals surface area contributed by atoms with E-state index in [4.69, 9.17) is 16.3 Å². The first-order chi connectivity index (χ1) is 9.13. The fourth-order valence-corrected chi connectivity index (χ4v) is 2.70. The molecule has 2 nitrogen and oxygen atoms in total. The van der Waals surface area contributed by atoms with Crippen LogP contribution in [0.3, 0.4) is 0 Å². The van der Waals surface area contributed by atoms with E-state index in [1.165, 1.54) is 0 Å². The van der Waals surface area contributed by atoms with E-state index in [0.717, 1.165) is 15.6 Å². The van der Waals surface area contributed by atoms with Gasteiger partial charge in [0.05, 0.1) is 12.5 Å². The van der Waals surface area contributed by atoms with Gasteiger partial charge >= 0.3 is 5.97 Å². The first kappa shape index (κ1) is 14.4. The molecule has 0 aliphatic heterocycles. The van der Waals surface area contributed by atoms with Crippen molar-refractivity contribution in [3.8, 4) is 0 Å². The molecule has 1 unspecified atom stereocenters. The number of carbonyl (C=O) groups excluding carboxylic acids is 1. The van der Waals surface area contributed by atoms with Crippen LogP contribution in [0.4, 0.5) is 0 Å². The lowest BCUT2D eigenvalue weighted by molar-refractivity contribution is -0.145. The number of hydrogen-bond acceptors (Lipinski definition) is 2. The minimum absolute atomic E-state index is 0.220. The third-order valence-corrected chi connectivity index (χ3v) is 3.83. The molecule has 0 N–H and O–H groups in total. The molecular weight excluding hydrogens is 328 g/mol. The monoisotopic (exact) mass is 340 g/mol. The van der Waals surface area contributed by atoms with Crippen LogP contribution in [0.15, 0.2) is 45.9 Å². The quantitative estimate of drug-likeness (QED) is 0.755. The zero-order valence-electron chi connectivity index (χ0n) is 10.5. The molecular formula is C15H14BrClO2. The first-order valence-electron chi connectivity index (χ1n) is 6.12. The molecule has 0 amide bonds. The lowest BCUT2D eigenvalue weighted by Crippen LogP contribution is -2.20. The maximum atomic E-state index is 12.0. The van der Waals surface area contributed by atoms with Crippen LogP contribution in [0.25, 0.3) is 5.57 Å². The summed E-state index contributed by atoms with van der Waals surface area (Å²) in [5, 5.41) is 0.603. The molecule has 2 rings (SSSR count). The summed E-state index contributed by atoms with van der Waals surface area (Å²) in [6.45, 7) is 2.19. The maximum absolute atomic E-state index is 12.0. The van der Waals surface area contributed by atoms with Gasteiger partial charge in [0, 0.05) is 9.51 Å². The summed E-state index contributed by atoms with van der Waals surface area (Å²) in [5.74, 6) is -0.540. The van der Waals surface area contributed by atoms with Crippen LogP contribution in [0.5, 0.6) is 0 Å². The molecule has 1 aromatic carbocycles. The van der Waals surface area contributed by atoms with E-state index in [1.54, 1.807) is 6.92 Å². The van der Waals surface area contributed by atoms with Gasteiger partial charge in [-0.05, 0) is 42.7 Å². The summed E-state index contributed by atoms with van der Waals surface area (Å²) in [5.41, 5.74) is 1.80. The van der Waals surface area contributed by atoms with Gasteiger partial charge in [-0.25, -0.2) is 0 Å². The van der Waals surface area contributed by atoms with Gasteiger partial charge in [0.1, 0.15) is 0 Å². The van der Waals surface area contributed by atoms with Crippen LogP contribution in [0.2, 0.25) is 0 Å². The van der Waals surface area contributed by atoms with Gasteiger partial charge in [0.2, 0.25) is 0 Å². The second-order valence-electron chi connectivity index (χ2n) is 4.21. The first-order valence-corrected chi connectivity index (χ1v) is 7.29. The number of esters is 1. The van der Waals surface area contributed by atoms with Crippen LogP contribution in [0, 0.1) is 5.92 Å². The van der Waals surface area contributed by atoms with Crippen LogP contribution in [-0.4, -0.2) is 12.6 Å². The molecule has 100 valence electrons. The summed E-state index contributed by atoms with van der Waals surface area (Å²) >= 11 is 9.67. The van der Waals surface area contributed by atoms with Crippen molar-refractivity contribution in [2.75, 3.05) is 6.61 Å². The van der Waals surface area contributed by atoms with E-state index in [0.29, 0.717) is 18.1 Å². The Morgan fingerprint density at radius 1 is 1.42 bits per heavy atom. The fraction of sp³-hybridized carbons (Fsp3) is 0.267. The fourth-order valence-electron chi connectivity index (χ4n) is 2.11. The van der Waals surface area contributed by atoms with Crippen molar-refractivity contribution in [2.24, 2.45) is 5.92 Å². The zero-order valence-corrected chi connectivity index (χ0v) is 12.9. The lowest BCUT2D eigenvalue weighted by Gasteiger charge is -2.22. The summed E-state index contributed by atoms with van der Waals surface area (Å²) in [6.07, 6.45) is 4.38. The van der Waals surface area contributed by atoms with E-state index in [9.17, 15) is 4.79 Å². The smallest absolute Gasteiger partial charge is 0.313 e. The summed E-state index contributed by atoms with van der Waals surface area (Å²) in [6, 6.07) is 7.78. The third-order valence-electron chi connectivity index (χ3n) is 2.97. The number of halogens is 2. The average molecular weight is 342 g/mol. The third kappa shape index (κ3) is 3.28. The van der Waals surface area contributed by atoms with E-state index in [2.05, 4.69) is 15.9 Å². The lowest BCUT2D eigenvalue weighted by atomic mass is 9.86. The van der Waals surface area contributed by atoms with E-state index in [1.807, 2.05) is 36.4 Å². The highest BCUT2D eigenvalue weighted by molar-refractivity contribution is 9.10. The largest absolute Gasteiger partial charge is 0.466 e. The molecule has 0 radical (unpaired) electrons. The van der Waals surface area contributed by atoms with Gasteiger partial charge in [-0.3, -0.25) is 4.79 Å². The summed E-state index contributed by atoms with van der Waals surface area (Å²) in [4.78, 5) is 12.0. The Morgan fingerprint density at radius 2 is 2.11 bits per heavy atom. The van der Waals surface area contributed by atoms with Gasteiger partial charge in [0.15, 0.2) is 0 Å². The molecule has 4 heteroatoms. The SMILES string of the molecule is CCOC(=O)C1CC=CC(Cl)=C1c1ccc(Br)cc1. The van der Waals surface area contributed by atoms with E-state index < -0.39 is 0 Å². The number of carbonyl (C=O) groups is 1. The summed E-state index contributed by atoms with van der Waals surface area (Å²) in [7, 11) is 0. The van der Waals surface area contributed by atoms with Crippen LogP contribution in [-0.2, 0) is 9.53 Å². The maximum Gasteiger partial charge on any atom is 0.313 e. The van der Waals surface area contributed by atoms with Crippen molar-refractivity contribution in [3.63, 3.8) is 0 Å². The van der Waals surface area contributed by atoms with Crippen LogP contribution < -0.4 is 0 Å². The summed E-state index contributed by atoms with van der Waals surface area (Å²) < 4.78 is 6.12. The second-order valence-corrected chi connectivity index (χ2v) is 5.53. The second kappa shape index (κ2) is 6.40. The molecule has 1 atom stereocenters. The molecule has 19 heavy (non-hydrogen) atoms. The van der Waals surface area contributed by atoms with Crippen LogP contribution >= 0.6 is 27.5 Å². The van der Waals surface area contributed by atoms with Crippen LogP contribution in [0.1, 0.15) is 18.9 Å². The molecule has 0 saturated heterocycles. The molecule has 0 saturated carbocycles. The average Bonchev–Trinajstić information content (AvgIpc) is 2.40. The number of hydrogen-bond donors (Lipinski definition) is 0. The molecule has 0 fully saturated rings. The van der Waals surface area contributed by atoms with Gasteiger partial charge in [-0.2, -0.15) is 0 Å². The topological polar surface area (TPSA) is 26.3 Å². The Kier molecular flexibility index (Phi) is 4.83.